The third kappa shape index (κ3) is 5.46. The zero-order valence-corrected chi connectivity index (χ0v) is 20.4. The van der Waals surface area contributed by atoms with E-state index in [0.29, 0.717) is 16.8 Å². The lowest BCUT2D eigenvalue weighted by Gasteiger charge is -2.32. The van der Waals surface area contributed by atoms with Gasteiger partial charge in [-0.05, 0) is 79.6 Å². The second-order valence-corrected chi connectivity index (χ2v) is 9.58. The fourth-order valence-corrected chi connectivity index (χ4v) is 3.87. The van der Waals surface area contributed by atoms with Gasteiger partial charge < -0.3 is 26.8 Å². The van der Waals surface area contributed by atoms with Crippen LogP contribution in [0, 0.1) is 5.82 Å². The summed E-state index contributed by atoms with van der Waals surface area (Å²) in [6.45, 7) is 2.03. The molecule has 0 fully saturated rings. The van der Waals surface area contributed by atoms with E-state index in [4.69, 9.17) is 5.73 Å². The van der Waals surface area contributed by atoms with Crippen LogP contribution in [0.2, 0.25) is 0 Å². The molecule has 200 valence electrons. The lowest BCUT2D eigenvalue weighted by atomic mass is 9.89. The number of amides is 3. The molecule has 2 aromatic carbocycles. The molecule has 0 bridgehead atoms. The molecule has 3 amide bonds. The maximum absolute atomic E-state index is 14.3. The van der Waals surface area contributed by atoms with Crippen LogP contribution in [0.5, 0.6) is 0 Å². The van der Waals surface area contributed by atoms with Gasteiger partial charge in [-0.1, -0.05) is 0 Å². The number of pyridine rings is 1. The van der Waals surface area contributed by atoms with Gasteiger partial charge in [0.05, 0.1) is 17.9 Å². The molecule has 3 aromatic rings. The van der Waals surface area contributed by atoms with Gasteiger partial charge in [-0.25, -0.2) is 14.2 Å². The number of alkyl halides is 3. The van der Waals surface area contributed by atoms with Crippen LogP contribution in [0.25, 0.3) is 11.3 Å². The first-order valence-electron chi connectivity index (χ1n) is 11.5. The minimum absolute atomic E-state index is 0.0306. The van der Waals surface area contributed by atoms with Gasteiger partial charge in [-0.15, -0.1) is 0 Å². The zero-order valence-electron chi connectivity index (χ0n) is 20.4. The largest absolute Gasteiger partial charge is 0.424 e. The predicted molar refractivity (Wildman–Crippen MR) is 131 cm³/mol. The number of hydrogen-bond donors (Lipinski definition) is 5. The van der Waals surface area contributed by atoms with Crippen molar-refractivity contribution < 1.29 is 32.3 Å². The zero-order chi connectivity index (χ0) is 27.9. The highest BCUT2D eigenvalue weighted by Crippen LogP contribution is 2.40. The van der Waals surface area contributed by atoms with Gasteiger partial charge in [0.25, 0.3) is 5.91 Å². The van der Waals surface area contributed by atoms with Crippen molar-refractivity contribution in [3.8, 4) is 11.3 Å². The number of benzene rings is 2. The van der Waals surface area contributed by atoms with Gasteiger partial charge >= 0.3 is 12.2 Å². The van der Waals surface area contributed by atoms with Crippen LogP contribution in [0.15, 0.2) is 54.6 Å². The van der Waals surface area contributed by atoms with E-state index in [1.54, 1.807) is 13.8 Å². The highest BCUT2D eigenvalue weighted by Gasteiger charge is 2.56. The molecule has 38 heavy (non-hydrogen) atoms. The van der Waals surface area contributed by atoms with Crippen molar-refractivity contribution in [2.24, 2.45) is 5.73 Å². The number of carbonyl (C=O) groups excluding carboxylic acids is 2. The Morgan fingerprint density at radius 2 is 1.79 bits per heavy atom. The predicted octanol–water partition coefficient (Wildman–Crippen LogP) is 3.90. The average Bonchev–Trinajstić information content (AvgIpc) is 2.85. The van der Waals surface area contributed by atoms with Crippen molar-refractivity contribution in [3.05, 3.63) is 82.8 Å². The Hall–Kier alpha value is -4.03. The van der Waals surface area contributed by atoms with Crippen molar-refractivity contribution in [2.75, 3.05) is 11.9 Å². The molecule has 1 aliphatic rings. The minimum atomic E-state index is -5.24. The van der Waals surface area contributed by atoms with Gasteiger partial charge in [0.15, 0.2) is 0 Å². The monoisotopic (exact) mass is 531 g/mol. The molecule has 1 atom stereocenters. The maximum Gasteiger partial charge on any atom is 0.424 e. The minimum Gasteiger partial charge on any atom is -0.374 e. The number of aromatic nitrogens is 1. The molecule has 0 saturated carbocycles. The lowest BCUT2D eigenvalue weighted by Crippen LogP contribution is -2.51. The molecule has 0 saturated heterocycles. The number of aliphatic hydroxyl groups is 1. The highest BCUT2D eigenvalue weighted by atomic mass is 19.4. The quantitative estimate of drug-likeness (QED) is 0.308. The molecule has 1 unspecified atom stereocenters. The third-order valence-electron chi connectivity index (χ3n) is 6.16. The number of nitrogens with two attached hydrogens (primary N) is 1. The number of fused-ring (bicyclic) bond motifs is 1. The first-order valence-corrected chi connectivity index (χ1v) is 11.5. The number of halogens is 4. The molecular weight excluding hydrogens is 506 g/mol. The van der Waals surface area contributed by atoms with Crippen LogP contribution in [0.3, 0.4) is 0 Å². The van der Waals surface area contributed by atoms with E-state index in [9.17, 15) is 32.3 Å². The number of hydrogen-bond acceptors (Lipinski definition) is 5. The number of carbonyl (C=O) groups is 2. The third-order valence-corrected chi connectivity index (χ3v) is 6.16. The smallest absolute Gasteiger partial charge is 0.374 e. The molecule has 6 N–H and O–H groups in total. The molecule has 0 spiro atoms. The van der Waals surface area contributed by atoms with E-state index in [1.165, 1.54) is 36.4 Å². The average molecular weight is 532 g/mol. The van der Waals surface area contributed by atoms with Gasteiger partial charge in [0.1, 0.15) is 5.82 Å². The topological polar surface area (TPSA) is 129 Å². The van der Waals surface area contributed by atoms with E-state index in [0.717, 1.165) is 18.2 Å². The summed E-state index contributed by atoms with van der Waals surface area (Å²) in [5.74, 6) is -1.42. The van der Waals surface area contributed by atoms with Crippen molar-refractivity contribution in [1.29, 1.82) is 0 Å². The Bertz CT molecular complexity index is 1390. The number of nitrogens with one attached hydrogen (secondary N) is 3. The van der Waals surface area contributed by atoms with E-state index >= 15 is 0 Å². The summed E-state index contributed by atoms with van der Waals surface area (Å²) in [6, 6.07) is 11.3. The molecule has 0 aliphatic carbocycles. The first-order chi connectivity index (χ1) is 17.7. The summed E-state index contributed by atoms with van der Waals surface area (Å²) >= 11 is 0. The number of anilines is 1. The van der Waals surface area contributed by atoms with Gasteiger partial charge in [0.2, 0.25) is 5.60 Å². The summed E-state index contributed by atoms with van der Waals surface area (Å²) in [5, 5.41) is 18.2. The molecule has 4 rings (SSSR count). The van der Waals surface area contributed by atoms with Crippen LogP contribution in [0.4, 0.5) is 28.0 Å². The molecule has 2 heterocycles. The number of nitrogens with zero attached hydrogens (tertiary/aromatic N) is 1. The fraction of sp³-hybridized carbons (Fsp3) is 0.269. The van der Waals surface area contributed by atoms with Crippen molar-refractivity contribution in [1.82, 2.24) is 15.6 Å². The van der Waals surface area contributed by atoms with E-state index in [2.05, 4.69) is 20.9 Å². The second kappa shape index (κ2) is 9.69. The number of rotatable bonds is 6. The molecule has 1 aliphatic heterocycles. The van der Waals surface area contributed by atoms with Crippen LogP contribution in [0.1, 0.15) is 41.0 Å². The van der Waals surface area contributed by atoms with Gasteiger partial charge in [0, 0.05) is 28.9 Å². The maximum atomic E-state index is 14.3. The SMILES string of the molecule is CC(C)(N)c1cc(-c2ccc(F)cc2)nc(C(O)(CNC(=O)c2ccc3c(c2)CNC(=O)N3)C(F)(F)F)c1. The van der Waals surface area contributed by atoms with E-state index < -0.39 is 47.3 Å². The Morgan fingerprint density at radius 1 is 1.11 bits per heavy atom. The molecular formula is C26H25F4N5O3. The fourth-order valence-electron chi connectivity index (χ4n) is 3.87. The summed E-state index contributed by atoms with van der Waals surface area (Å²) < 4.78 is 56.5. The summed E-state index contributed by atoms with van der Waals surface area (Å²) in [5.41, 5.74) is 2.32. The Kier molecular flexibility index (Phi) is 6.89. The van der Waals surface area contributed by atoms with Crippen molar-refractivity contribution in [3.63, 3.8) is 0 Å². The standard InChI is InChI=1S/C26H25F4N5O3/c1-24(2,31)17-10-20(14-3-6-18(27)7-4-14)34-21(11-17)25(38,26(28,29)30)13-33-22(36)15-5-8-19-16(9-15)12-32-23(37)35-19/h3-11,38H,12-13,31H2,1-2H3,(H,33,36)(H2,32,35,37). The van der Waals surface area contributed by atoms with Crippen LogP contribution in [-0.2, 0) is 17.7 Å². The van der Waals surface area contributed by atoms with Crippen LogP contribution >= 0.6 is 0 Å². The Labute approximate surface area is 215 Å². The normalized spacial score (nSPS) is 15.1. The first kappa shape index (κ1) is 27.0. The van der Waals surface area contributed by atoms with Crippen LogP contribution in [-0.4, -0.2) is 34.7 Å². The summed E-state index contributed by atoms with van der Waals surface area (Å²) in [6.07, 6.45) is -5.24. The van der Waals surface area contributed by atoms with Crippen molar-refractivity contribution in [2.45, 2.75) is 37.7 Å². The molecule has 1 aromatic heterocycles. The Morgan fingerprint density at radius 3 is 2.42 bits per heavy atom. The Balaban J connectivity index is 1.69. The van der Waals surface area contributed by atoms with Crippen LogP contribution < -0.4 is 21.7 Å². The van der Waals surface area contributed by atoms with Crippen molar-refractivity contribution >= 4 is 17.6 Å². The van der Waals surface area contributed by atoms with E-state index in [1.807, 2.05) is 0 Å². The molecule has 8 nitrogen and oxygen atoms in total. The lowest BCUT2D eigenvalue weighted by molar-refractivity contribution is -0.265. The highest BCUT2D eigenvalue weighted by molar-refractivity contribution is 5.97. The van der Waals surface area contributed by atoms with Gasteiger partial charge in [-0.2, -0.15) is 13.2 Å². The molecule has 12 heteroatoms. The number of urea groups is 1. The molecule has 0 radical (unpaired) electrons. The second-order valence-electron chi connectivity index (χ2n) is 9.58. The summed E-state index contributed by atoms with van der Waals surface area (Å²) in [7, 11) is 0. The summed E-state index contributed by atoms with van der Waals surface area (Å²) in [4.78, 5) is 28.3. The van der Waals surface area contributed by atoms with E-state index in [-0.39, 0.29) is 23.4 Å². The van der Waals surface area contributed by atoms with Gasteiger partial charge in [-0.3, -0.25) is 4.79 Å².